The fourth-order valence-electron chi connectivity index (χ4n) is 3.25. The van der Waals surface area contributed by atoms with E-state index < -0.39 is 0 Å². The molecule has 1 aromatic heterocycles. The van der Waals surface area contributed by atoms with Crippen LogP contribution in [0.15, 0.2) is 36.4 Å². The lowest BCUT2D eigenvalue weighted by atomic mass is 9.99. The second-order valence-electron chi connectivity index (χ2n) is 6.80. The molecule has 1 aromatic carbocycles. The van der Waals surface area contributed by atoms with Crippen molar-refractivity contribution in [2.45, 2.75) is 32.6 Å². The number of carbonyl (C=O) groups is 1. The van der Waals surface area contributed by atoms with Gasteiger partial charge >= 0.3 is 0 Å². The number of hydrogen-bond donors (Lipinski definition) is 1. The predicted molar refractivity (Wildman–Crippen MR) is 93.4 cm³/mol. The van der Waals surface area contributed by atoms with E-state index in [1.807, 2.05) is 46.0 Å². The number of amides is 1. The summed E-state index contributed by atoms with van der Waals surface area (Å²) >= 11 is 0. The smallest absolute Gasteiger partial charge is 0.274 e. The van der Waals surface area contributed by atoms with Crippen LogP contribution in [0.3, 0.4) is 0 Å². The van der Waals surface area contributed by atoms with Gasteiger partial charge in [0.05, 0.1) is 5.69 Å². The van der Waals surface area contributed by atoms with Crippen molar-refractivity contribution >= 4 is 5.91 Å². The van der Waals surface area contributed by atoms with Gasteiger partial charge in [0.1, 0.15) is 0 Å². The Kier molecular flexibility index (Phi) is 5.00. The monoisotopic (exact) mass is 327 g/mol. The molecule has 1 fully saturated rings. The van der Waals surface area contributed by atoms with E-state index >= 15 is 0 Å². The van der Waals surface area contributed by atoms with Gasteiger partial charge in [-0.2, -0.15) is 5.10 Å². The number of nitrogens with zero attached hydrogens (tertiary/aromatic N) is 3. The second kappa shape index (κ2) is 7.18. The molecular formula is C19H25N3O2. The largest absolute Gasteiger partial charge is 0.396 e. The van der Waals surface area contributed by atoms with Gasteiger partial charge in [0, 0.05) is 25.4 Å². The minimum Gasteiger partial charge on any atom is -0.396 e. The molecule has 0 aliphatic carbocycles. The summed E-state index contributed by atoms with van der Waals surface area (Å²) < 4.78 is 1.87. The van der Waals surface area contributed by atoms with E-state index in [0.717, 1.165) is 30.8 Å². The first-order valence-corrected chi connectivity index (χ1v) is 8.65. The minimum absolute atomic E-state index is 0.0373. The molecule has 2 heterocycles. The van der Waals surface area contributed by atoms with Crippen molar-refractivity contribution in [3.05, 3.63) is 47.8 Å². The summed E-state index contributed by atoms with van der Waals surface area (Å²) in [5, 5.41) is 14.0. The predicted octanol–water partition coefficient (Wildman–Crippen LogP) is 2.84. The maximum absolute atomic E-state index is 12.8. The summed E-state index contributed by atoms with van der Waals surface area (Å²) in [6.07, 6.45) is 1.92. The summed E-state index contributed by atoms with van der Waals surface area (Å²) in [5.74, 6) is 0.416. The van der Waals surface area contributed by atoms with Crippen LogP contribution in [-0.4, -0.2) is 45.4 Å². The van der Waals surface area contributed by atoms with Crippen molar-refractivity contribution in [1.82, 2.24) is 14.7 Å². The Balaban J connectivity index is 1.90. The van der Waals surface area contributed by atoms with Crippen LogP contribution in [0.2, 0.25) is 0 Å². The fraction of sp³-hybridized carbons (Fsp3) is 0.474. The maximum Gasteiger partial charge on any atom is 0.274 e. The quantitative estimate of drug-likeness (QED) is 0.939. The molecule has 5 heteroatoms. The molecule has 1 unspecified atom stereocenters. The topological polar surface area (TPSA) is 58.4 Å². The van der Waals surface area contributed by atoms with Crippen LogP contribution in [0.4, 0.5) is 0 Å². The molecule has 5 nitrogen and oxygen atoms in total. The third-order valence-corrected chi connectivity index (χ3v) is 4.61. The number of carbonyl (C=O) groups excluding carboxylic acids is 1. The van der Waals surface area contributed by atoms with Crippen molar-refractivity contribution in [1.29, 1.82) is 0 Å². The van der Waals surface area contributed by atoms with Gasteiger partial charge in [0.2, 0.25) is 0 Å². The molecule has 0 spiro atoms. The zero-order valence-electron chi connectivity index (χ0n) is 14.4. The average molecular weight is 327 g/mol. The number of para-hydroxylation sites is 1. The maximum atomic E-state index is 12.8. The summed E-state index contributed by atoms with van der Waals surface area (Å²) in [5.41, 5.74) is 2.48. The number of benzene rings is 1. The minimum atomic E-state index is -0.0373. The van der Waals surface area contributed by atoms with Crippen molar-refractivity contribution in [2.24, 2.45) is 5.92 Å². The fourth-order valence-corrected chi connectivity index (χ4v) is 3.25. The molecule has 0 bridgehead atoms. The van der Waals surface area contributed by atoms with E-state index in [2.05, 4.69) is 18.9 Å². The molecule has 1 aliphatic heterocycles. The number of likely N-dealkylation sites (tertiary alicyclic amines) is 1. The van der Waals surface area contributed by atoms with Gasteiger partial charge < -0.3 is 10.0 Å². The van der Waals surface area contributed by atoms with E-state index in [1.165, 1.54) is 0 Å². The van der Waals surface area contributed by atoms with Crippen LogP contribution < -0.4 is 0 Å². The van der Waals surface area contributed by atoms with Crippen molar-refractivity contribution < 1.29 is 9.90 Å². The summed E-state index contributed by atoms with van der Waals surface area (Å²) in [6.45, 7) is 5.70. The Morgan fingerprint density at radius 3 is 2.75 bits per heavy atom. The third-order valence-electron chi connectivity index (χ3n) is 4.61. The Bertz CT molecular complexity index is 694. The first-order valence-electron chi connectivity index (χ1n) is 8.65. The van der Waals surface area contributed by atoms with Gasteiger partial charge in [-0.3, -0.25) is 4.79 Å². The van der Waals surface area contributed by atoms with Gasteiger partial charge in [0.25, 0.3) is 5.91 Å². The molecule has 24 heavy (non-hydrogen) atoms. The number of piperidine rings is 1. The highest BCUT2D eigenvalue weighted by atomic mass is 16.3. The van der Waals surface area contributed by atoms with Crippen LogP contribution in [0.1, 0.15) is 48.8 Å². The number of aliphatic hydroxyl groups excluding tert-OH is 1. The lowest BCUT2D eigenvalue weighted by molar-refractivity contribution is 0.0614. The lowest BCUT2D eigenvalue weighted by Crippen LogP contribution is -2.41. The Morgan fingerprint density at radius 2 is 2.08 bits per heavy atom. The SMILES string of the molecule is CC(C)c1cc(C(=O)N2CCCC(CO)C2)nn1-c1ccccc1. The molecule has 128 valence electrons. The molecule has 0 saturated carbocycles. The Morgan fingerprint density at radius 1 is 1.33 bits per heavy atom. The molecule has 1 saturated heterocycles. The molecular weight excluding hydrogens is 302 g/mol. The van der Waals surface area contributed by atoms with Crippen molar-refractivity contribution in [2.75, 3.05) is 19.7 Å². The highest BCUT2D eigenvalue weighted by Crippen LogP contribution is 2.23. The Labute approximate surface area is 142 Å². The molecule has 1 N–H and O–H groups in total. The number of aromatic nitrogens is 2. The van der Waals surface area contributed by atoms with Gasteiger partial charge in [-0.05, 0) is 42.9 Å². The molecule has 1 atom stereocenters. The van der Waals surface area contributed by atoms with E-state index in [1.54, 1.807) is 0 Å². The van der Waals surface area contributed by atoms with Crippen LogP contribution in [0.5, 0.6) is 0 Å². The molecule has 3 rings (SSSR count). The molecule has 2 aromatic rings. The van der Waals surface area contributed by atoms with E-state index in [4.69, 9.17) is 0 Å². The zero-order valence-corrected chi connectivity index (χ0v) is 14.4. The van der Waals surface area contributed by atoms with Gasteiger partial charge in [-0.15, -0.1) is 0 Å². The Hall–Kier alpha value is -2.14. The van der Waals surface area contributed by atoms with Crippen LogP contribution in [0, 0.1) is 5.92 Å². The zero-order chi connectivity index (χ0) is 17.1. The highest BCUT2D eigenvalue weighted by molar-refractivity contribution is 5.92. The average Bonchev–Trinajstić information content (AvgIpc) is 3.07. The lowest BCUT2D eigenvalue weighted by Gasteiger charge is -2.31. The van der Waals surface area contributed by atoms with Gasteiger partial charge in [-0.1, -0.05) is 32.0 Å². The van der Waals surface area contributed by atoms with Crippen molar-refractivity contribution in [3.8, 4) is 5.69 Å². The van der Waals surface area contributed by atoms with Crippen LogP contribution in [0.25, 0.3) is 5.69 Å². The van der Waals surface area contributed by atoms with Crippen LogP contribution >= 0.6 is 0 Å². The summed E-state index contributed by atoms with van der Waals surface area (Å²) in [6, 6.07) is 11.8. The number of aliphatic hydroxyl groups is 1. The first-order chi connectivity index (χ1) is 11.6. The summed E-state index contributed by atoms with van der Waals surface area (Å²) in [4.78, 5) is 14.7. The van der Waals surface area contributed by atoms with Gasteiger partial charge in [0.15, 0.2) is 5.69 Å². The van der Waals surface area contributed by atoms with Crippen molar-refractivity contribution in [3.63, 3.8) is 0 Å². The van der Waals surface area contributed by atoms with Crippen LogP contribution in [-0.2, 0) is 0 Å². The standard InChI is InChI=1S/C19H25N3O2/c1-14(2)18-11-17(20-22(18)16-8-4-3-5-9-16)19(24)21-10-6-7-15(12-21)13-23/h3-5,8-9,11,14-15,23H,6-7,10,12-13H2,1-2H3. The molecule has 1 aliphatic rings. The van der Waals surface area contributed by atoms with E-state index in [9.17, 15) is 9.90 Å². The van der Waals surface area contributed by atoms with E-state index in [0.29, 0.717) is 12.2 Å². The number of rotatable bonds is 4. The number of hydrogen-bond acceptors (Lipinski definition) is 3. The normalized spacial score (nSPS) is 18.2. The van der Waals surface area contributed by atoms with Gasteiger partial charge in [-0.25, -0.2) is 4.68 Å². The first kappa shape index (κ1) is 16.7. The highest BCUT2D eigenvalue weighted by Gasteiger charge is 2.26. The van der Waals surface area contributed by atoms with E-state index in [-0.39, 0.29) is 24.3 Å². The molecule has 0 radical (unpaired) electrons. The molecule has 1 amide bonds. The third kappa shape index (κ3) is 3.36. The summed E-state index contributed by atoms with van der Waals surface area (Å²) in [7, 11) is 0. The second-order valence-corrected chi connectivity index (χ2v) is 6.80.